The van der Waals surface area contributed by atoms with E-state index in [4.69, 9.17) is 4.98 Å². The number of nitrogens with zero attached hydrogens (tertiary/aromatic N) is 2. The lowest BCUT2D eigenvalue weighted by Crippen LogP contribution is -2.50. The lowest BCUT2D eigenvalue weighted by Gasteiger charge is -2.47. The first-order chi connectivity index (χ1) is 15.2. The number of nitrogens with one attached hydrogen (secondary N) is 1. The van der Waals surface area contributed by atoms with Gasteiger partial charge in [0.1, 0.15) is 0 Å². The fourth-order valence-corrected chi connectivity index (χ4v) is 6.12. The summed E-state index contributed by atoms with van der Waals surface area (Å²) in [5, 5.41) is 4.29. The van der Waals surface area contributed by atoms with Crippen molar-refractivity contribution in [1.29, 1.82) is 0 Å². The third kappa shape index (κ3) is 4.53. The number of hydrogen-bond donors (Lipinski definition) is 1. The van der Waals surface area contributed by atoms with Crippen LogP contribution in [0.3, 0.4) is 0 Å². The van der Waals surface area contributed by atoms with Crippen molar-refractivity contribution in [2.45, 2.75) is 63.5 Å². The van der Waals surface area contributed by atoms with Crippen LogP contribution in [0.5, 0.6) is 0 Å². The minimum atomic E-state index is -0.0184. The Bertz CT molecular complexity index is 1040. The van der Waals surface area contributed by atoms with Gasteiger partial charge in [-0.1, -0.05) is 36.8 Å². The molecule has 3 aromatic rings. The molecule has 162 valence electrons. The van der Waals surface area contributed by atoms with Crippen LogP contribution in [-0.2, 0) is 6.42 Å². The molecule has 1 saturated heterocycles. The Morgan fingerprint density at radius 3 is 2.81 bits per heavy atom. The van der Waals surface area contributed by atoms with Gasteiger partial charge in [-0.15, -0.1) is 11.3 Å². The quantitative estimate of drug-likeness (QED) is 0.567. The SMILES string of the molecule is C[C@H]1CCCCN1C1CC(c2nc3cc(C(=O)NCCc4ccccc4)ccc3s2)C1. The molecule has 1 saturated carbocycles. The number of benzene rings is 2. The summed E-state index contributed by atoms with van der Waals surface area (Å²) in [6.45, 7) is 4.29. The number of rotatable bonds is 6. The Morgan fingerprint density at radius 2 is 2.00 bits per heavy atom. The molecule has 0 bridgehead atoms. The van der Waals surface area contributed by atoms with Crippen molar-refractivity contribution in [1.82, 2.24) is 15.2 Å². The highest BCUT2D eigenvalue weighted by Crippen LogP contribution is 2.44. The smallest absolute Gasteiger partial charge is 0.251 e. The summed E-state index contributed by atoms with van der Waals surface area (Å²) in [5.74, 6) is 0.565. The van der Waals surface area contributed by atoms with Gasteiger partial charge in [-0.05, 0) is 69.3 Å². The molecule has 1 aliphatic carbocycles. The maximum Gasteiger partial charge on any atom is 0.251 e. The molecule has 5 heteroatoms. The predicted octanol–water partition coefficient (Wildman–Crippen LogP) is 5.39. The first kappa shape index (κ1) is 20.7. The van der Waals surface area contributed by atoms with Gasteiger partial charge in [0, 0.05) is 30.1 Å². The van der Waals surface area contributed by atoms with Crippen LogP contribution in [0.2, 0.25) is 0 Å². The summed E-state index contributed by atoms with van der Waals surface area (Å²) in [7, 11) is 0. The zero-order valence-corrected chi connectivity index (χ0v) is 19.0. The first-order valence-electron chi connectivity index (χ1n) is 11.7. The van der Waals surface area contributed by atoms with E-state index in [1.54, 1.807) is 11.3 Å². The molecule has 2 aliphatic rings. The van der Waals surface area contributed by atoms with Crippen LogP contribution >= 0.6 is 11.3 Å². The molecule has 5 rings (SSSR count). The normalized spacial score (nSPS) is 24.1. The van der Waals surface area contributed by atoms with Crippen molar-refractivity contribution in [2.75, 3.05) is 13.1 Å². The van der Waals surface area contributed by atoms with E-state index in [0.717, 1.165) is 24.0 Å². The Morgan fingerprint density at radius 1 is 1.16 bits per heavy atom. The molecule has 1 aromatic heterocycles. The molecular formula is C26H31N3OS. The molecule has 0 spiro atoms. The summed E-state index contributed by atoms with van der Waals surface area (Å²) in [5.41, 5.74) is 2.90. The third-order valence-electron chi connectivity index (χ3n) is 6.99. The molecule has 31 heavy (non-hydrogen) atoms. The zero-order valence-electron chi connectivity index (χ0n) is 18.2. The molecule has 2 heterocycles. The minimum absolute atomic E-state index is 0.0184. The standard InChI is InChI=1S/C26H31N3OS/c1-18-7-5-6-14-29(18)22-15-21(16-22)26-28-23-17-20(10-11-24(23)31-26)25(30)27-13-12-19-8-3-2-4-9-19/h2-4,8-11,17-18,21-22H,5-7,12-16H2,1H3,(H,27,30)/t18-,21?,22?/m0/s1. The molecular weight excluding hydrogens is 402 g/mol. The number of amides is 1. The fourth-order valence-electron chi connectivity index (χ4n) is 5.05. The van der Waals surface area contributed by atoms with Gasteiger partial charge in [-0.25, -0.2) is 4.98 Å². The average Bonchev–Trinajstić information content (AvgIpc) is 3.17. The molecule has 1 aliphatic heterocycles. The first-order valence-corrected chi connectivity index (χ1v) is 12.5. The van der Waals surface area contributed by atoms with E-state index in [2.05, 4.69) is 35.3 Å². The van der Waals surface area contributed by atoms with Crippen LogP contribution in [0.25, 0.3) is 10.2 Å². The number of thiazole rings is 1. The Balaban J connectivity index is 1.19. The third-order valence-corrected chi connectivity index (χ3v) is 8.19. The van der Waals surface area contributed by atoms with Gasteiger partial charge < -0.3 is 5.32 Å². The van der Waals surface area contributed by atoms with Crippen LogP contribution in [0.15, 0.2) is 48.5 Å². The number of hydrogen-bond acceptors (Lipinski definition) is 4. The molecule has 1 N–H and O–H groups in total. The summed E-state index contributed by atoms with van der Waals surface area (Å²) in [4.78, 5) is 20.2. The molecule has 1 amide bonds. The van der Waals surface area contributed by atoms with Crippen LogP contribution in [0, 0.1) is 0 Å². The maximum atomic E-state index is 12.6. The maximum absolute atomic E-state index is 12.6. The van der Waals surface area contributed by atoms with E-state index in [9.17, 15) is 4.79 Å². The van der Waals surface area contributed by atoms with Crippen LogP contribution < -0.4 is 5.32 Å². The Hall–Kier alpha value is -2.24. The highest BCUT2D eigenvalue weighted by Gasteiger charge is 2.38. The van der Waals surface area contributed by atoms with Gasteiger partial charge in [0.25, 0.3) is 5.91 Å². The summed E-state index contributed by atoms with van der Waals surface area (Å²) in [6, 6.07) is 17.7. The zero-order chi connectivity index (χ0) is 21.2. The van der Waals surface area contributed by atoms with Gasteiger partial charge >= 0.3 is 0 Å². The predicted molar refractivity (Wildman–Crippen MR) is 128 cm³/mol. The number of likely N-dealkylation sites (tertiary alicyclic amines) is 1. The highest BCUT2D eigenvalue weighted by molar-refractivity contribution is 7.18. The molecule has 0 unspecified atom stereocenters. The number of piperidine rings is 1. The van der Waals surface area contributed by atoms with Crippen LogP contribution in [-0.4, -0.2) is 41.0 Å². The lowest BCUT2D eigenvalue weighted by atomic mass is 9.78. The van der Waals surface area contributed by atoms with E-state index in [1.807, 2.05) is 30.3 Å². The van der Waals surface area contributed by atoms with E-state index >= 15 is 0 Å². The molecule has 1 atom stereocenters. The number of fused-ring (bicyclic) bond motifs is 1. The minimum Gasteiger partial charge on any atom is -0.352 e. The molecule has 4 nitrogen and oxygen atoms in total. The molecule has 0 radical (unpaired) electrons. The van der Waals surface area contributed by atoms with Crippen molar-refractivity contribution in [2.24, 2.45) is 0 Å². The van der Waals surface area contributed by atoms with Crippen molar-refractivity contribution >= 4 is 27.5 Å². The van der Waals surface area contributed by atoms with Crippen molar-refractivity contribution in [3.8, 4) is 0 Å². The van der Waals surface area contributed by atoms with Crippen molar-refractivity contribution in [3.05, 3.63) is 64.7 Å². The Kier molecular flexibility index (Phi) is 6.06. The summed E-state index contributed by atoms with van der Waals surface area (Å²) < 4.78 is 1.19. The van der Waals surface area contributed by atoms with Gasteiger partial charge in [0.05, 0.1) is 15.2 Å². The van der Waals surface area contributed by atoms with Crippen LogP contribution in [0.1, 0.15) is 65.9 Å². The van der Waals surface area contributed by atoms with Crippen LogP contribution in [0.4, 0.5) is 0 Å². The summed E-state index contributed by atoms with van der Waals surface area (Å²) >= 11 is 1.80. The van der Waals surface area contributed by atoms with E-state index in [-0.39, 0.29) is 5.91 Å². The van der Waals surface area contributed by atoms with Crippen molar-refractivity contribution < 1.29 is 4.79 Å². The average molecular weight is 434 g/mol. The monoisotopic (exact) mass is 433 g/mol. The second-order valence-corrected chi connectivity index (χ2v) is 10.2. The van der Waals surface area contributed by atoms with E-state index < -0.39 is 0 Å². The fraction of sp³-hybridized carbons (Fsp3) is 0.462. The molecule has 2 fully saturated rings. The molecule has 2 aromatic carbocycles. The second kappa shape index (κ2) is 9.09. The Labute approximate surface area is 188 Å². The lowest BCUT2D eigenvalue weighted by molar-refractivity contribution is 0.0480. The highest BCUT2D eigenvalue weighted by atomic mass is 32.1. The van der Waals surface area contributed by atoms with Gasteiger partial charge in [-0.2, -0.15) is 0 Å². The largest absolute Gasteiger partial charge is 0.352 e. The number of aromatic nitrogens is 1. The topological polar surface area (TPSA) is 45.2 Å². The van der Waals surface area contributed by atoms with Crippen molar-refractivity contribution in [3.63, 3.8) is 0 Å². The number of carbonyl (C=O) groups excluding carboxylic acids is 1. The van der Waals surface area contributed by atoms with E-state index in [0.29, 0.717) is 18.0 Å². The van der Waals surface area contributed by atoms with Gasteiger partial charge in [0.15, 0.2) is 0 Å². The number of carbonyl (C=O) groups is 1. The summed E-state index contributed by atoms with van der Waals surface area (Å²) in [6.07, 6.45) is 7.39. The van der Waals surface area contributed by atoms with Gasteiger partial charge in [-0.3, -0.25) is 9.69 Å². The second-order valence-electron chi connectivity index (χ2n) is 9.13. The van der Waals surface area contributed by atoms with Gasteiger partial charge in [0.2, 0.25) is 0 Å². The van der Waals surface area contributed by atoms with E-state index in [1.165, 1.54) is 53.9 Å².